The monoisotopic (exact) mass is 1970 g/mol. The molecule has 0 radical (unpaired) electrons. The molecule has 142 heavy (non-hydrogen) atoms. The van der Waals surface area contributed by atoms with Gasteiger partial charge in [-0.05, 0) is 489 Å². The Labute approximate surface area is 864 Å². The predicted molar refractivity (Wildman–Crippen MR) is 593 cm³/mol. The van der Waals surface area contributed by atoms with E-state index in [1.54, 1.807) is 0 Å². The van der Waals surface area contributed by atoms with E-state index in [9.17, 15) is 0 Å². The highest BCUT2D eigenvalue weighted by atomic mass is 15.3. The largest absolute Gasteiger partial charge is 0.354 e. The first-order chi connectivity index (χ1) is 65.3. The first-order valence-corrected chi connectivity index (χ1v) is 56.0. The van der Waals surface area contributed by atoms with E-state index in [2.05, 4.69) is 364 Å². The van der Waals surface area contributed by atoms with E-state index in [0.717, 1.165) is 274 Å². The molecule has 4 aromatic rings. The predicted octanol–water partition coefficient (Wildman–Crippen LogP) is 19.8. The Morgan fingerprint density at radius 3 is 0.585 bits per heavy atom. The van der Waals surface area contributed by atoms with Crippen molar-refractivity contribution in [1.29, 1.82) is 0 Å². The van der Waals surface area contributed by atoms with E-state index in [1.807, 2.05) is 0 Å². The zero-order valence-electron chi connectivity index (χ0n) is 98.1. The van der Waals surface area contributed by atoms with Crippen LogP contribution in [0, 0.1) is 17.8 Å². The molecule has 8 fully saturated rings. The normalized spacial score (nSPS) is 25.2. The average Bonchev–Trinajstić information content (AvgIpc) is 0.811. The number of unbranched alkanes of at least 4 members (excludes halogenated alkanes) is 3. The average molecular weight is 1970 g/mol. The highest BCUT2D eigenvalue weighted by Gasteiger charge is 2.52. The zero-order valence-corrected chi connectivity index (χ0v) is 98.1. The summed E-state index contributed by atoms with van der Waals surface area (Å²) in [6.07, 6.45) is 28.4. The van der Waals surface area contributed by atoms with Gasteiger partial charge in [0.25, 0.3) is 0 Å². The molecule has 806 valence electrons. The van der Waals surface area contributed by atoms with E-state index in [4.69, 9.17) is 59.8 Å². The Hall–Kier alpha value is -5.76. The van der Waals surface area contributed by atoms with Crippen LogP contribution in [0.1, 0.15) is 405 Å². The second kappa shape index (κ2) is 43.7. The lowest BCUT2D eigenvalue weighted by molar-refractivity contribution is -0.0303. The topological polar surface area (TPSA) is 271 Å². The lowest BCUT2D eigenvalue weighted by Crippen LogP contribution is -2.61. The van der Waals surface area contributed by atoms with Crippen LogP contribution in [0.2, 0.25) is 0 Å². The maximum absolute atomic E-state index is 5.44. The second-order valence-corrected chi connectivity index (χ2v) is 56.7. The molecule has 0 aromatic carbocycles. The minimum atomic E-state index is -0.00310. The fraction of sp³-hybridized carbons (Fsp3) is 0.894. The Kier molecular flexibility index (Phi) is 35.3. The van der Waals surface area contributed by atoms with Crippen molar-refractivity contribution in [3.63, 3.8) is 0 Å². The van der Waals surface area contributed by atoms with Crippen molar-refractivity contribution in [3.8, 4) is 0 Å². The fourth-order valence-electron chi connectivity index (χ4n) is 28.5. The first-order valence-electron chi connectivity index (χ1n) is 56.0. The van der Waals surface area contributed by atoms with Crippen LogP contribution in [0.25, 0.3) is 0 Å². The molecule has 12 heterocycles. The third kappa shape index (κ3) is 29.3. The van der Waals surface area contributed by atoms with Crippen molar-refractivity contribution in [3.05, 3.63) is 29.1 Å². The van der Waals surface area contributed by atoms with E-state index in [-0.39, 0.29) is 119 Å². The van der Waals surface area contributed by atoms with Gasteiger partial charge in [0, 0.05) is 164 Å². The van der Waals surface area contributed by atoms with Crippen LogP contribution < -0.4 is 37.2 Å². The number of rotatable bonds is 41. The summed E-state index contributed by atoms with van der Waals surface area (Å²) in [5.74, 6) is 10.6. The molecule has 8 aliphatic rings. The summed E-state index contributed by atoms with van der Waals surface area (Å²) in [5, 5.41) is 27.4. The van der Waals surface area contributed by atoms with E-state index < -0.39 is 0 Å². The van der Waals surface area contributed by atoms with Crippen molar-refractivity contribution >= 4 is 41.6 Å². The van der Waals surface area contributed by atoms with Gasteiger partial charge in [0.05, 0.1) is 0 Å². The zero-order chi connectivity index (χ0) is 105. The molecule has 29 heteroatoms. The molecule has 7 N–H and O–H groups in total. The van der Waals surface area contributed by atoms with Gasteiger partial charge in [-0.3, -0.25) is 39.2 Å². The molecule has 12 rings (SSSR count). The smallest absolute Gasteiger partial charge is 0.227 e. The van der Waals surface area contributed by atoms with Crippen LogP contribution in [0.5, 0.6) is 0 Å². The number of hydrogen-bond acceptors (Lipinski definition) is 29. The standard InChI is InChI=1S/C113H209N29/c1-98(2)62-78(63-99(3,4)133(98)33)59-88-121-86(122-93(127-88)116-81-68-104(13,14)136(36)105(15,16)69-81)49-41-43-53-141(57-47-51-114-91-125-89(60-79-64-100(5,6)134(34)101(7,8)65-79)128-96(130-91)119-84-74-110(25,26)139(39)111(27,28)75-84)55-45-46-56-142(54-44-42-50-87-123-94(117-82-70-106(17,18)137(37)107(19,20)71-82)132-95(124-87)118-83-72-108(21,22)138(38)109(23,24)73-83)58-48-52-115-92-126-90(61-80-66-102(9,10)135(35)103(11,12)67-80)129-97(131-92)120-85-76-112(29,30)140(40)113(31,32)77-85/h78-85H,41-77H2,1-40H3,(H,116,121,122,127)(H2,114,119,125,128,130)(H2,115,120,126,129,131)(H2,117,118,123,124,132). The molecule has 4 aromatic heterocycles. The maximum Gasteiger partial charge on any atom is 0.227 e. The van der Waals surface area contributed by atoms with E-state index in [0.29, 0.717) is 53.4 Å². The van der Waals surface area contributed by atoms with Crippen LogP contribution in [0.3, 0.4) is 0 Å². The molecule has 8 saturated heterocycles. The fourth-order valence-corrected chi connectivity index (χ4v) is 28.5. The number of piperidine rings is 8. The number of anilines is 7. The third-order valence-corrected chi connectivity index (χ3v) is 37.9. The van der Waals surface area contributed by atoms with Gasteiger partial charge in [-0.1, -0.05) is 0 Å². The molecule has 29 nitrogen and oxygen atoms in total. The Balaban J connectivity index is 0.808. The molecular formula is C113H209N29. The lowest BCUT2D eigenvalue weighted by atomic mass is 9.73. The summed E-state index contributed by atoms with van der Waals surface area (Å²) in [5.41, 5.74) is 0.303. The van der Waals surface area contributed by atoms with Gasteiger partial charge in [-0.25, -0.2) is 4.98 Å². The quantitative estimate of drug-likeness (QED) is 0.0204. The van der Waals surface area contributed by atoms with Crippen molar-refractivity contribution < 1.29 is 0 Å². The lowest BCUT2D eigenvalue weighted by Gasteiger charge is -2.54. The molecule has 0 spiro atoms. The maximum atomic E-state index is 5.44. The number of likely N-dealkylation sites (tertiary alicyclic amines) is 8. The van der Waals surface area contributed by atoms with Crippen molar-refractivity contribution in [2.24, 2.45) is 17.8 Å². The summed E-state index contributed by atoms with van der Waals surface area (Å²) in [4.78, 5) is 90.0. The molecular weight excluding hydrogens is 1760 g/mol. The molecule has 0 unspecified atom stereocenters. The van der Waals surface area contributed by atoms with Crippen LogP contribution in [-0.2, 0) is 32.1 Å². The van der Waals surface area contributed by atoms with Gasteiger partial charge in [0.2, 0.25) is 41.6 Å². The van der Waals surface area contributed by atoms with Crippen molar-refractivity contribution in [1.82, 2.24) is 109 Å². The van der Waals surface area contributed by atoms with Crippen molar-refractivity contribution in [2.75, 3.05) is 146 Å². The highest BCUT2D eigenvalue weighted by molar-refractivity contribution is 5.40. The first kappa shape index (κ1) is 115. The van der Waals surface area contributed by atoms with Crippen molar-refractivity contribution in [2.45, 2.75) is 527 Å². The Morgan fingerprint density at radius 2 is 0.359 bits per heavy atom. The SMILES string of the molecule is CN1C(C)(C)CC(Cc2nc(CCCCN(CCCCN(CCCCc3nc(NC4CC(C)(C)N(C)C(C)(C)C4)nc(NC4CC(C)(C)N(C)C(C)(C)C4)n3)CCCNc3nc(CC4CC(C)(C)N(C)C(C)(C)C4)nc(NC4CC(C)(C)N(C)C(C)(C)C4)n3)CCCNc3nc(CC4CC(C)(C)N(C)C(C)(C)C4)nc(NC4CC(C)(C)N(C)C(C)(C)C4)n3)nc(NC3CC(C)(C)N(C)C(C)(C)C3)n2)CC1(C)C. The van der Waals surface area contributed by atoms with Crippen LogP contribution in [0.4, 0.5) is 41.6 Å². The van der Waals surface area contributed by atoms with E-state index in [1.165, 1.54) is 0 Å². The number of aryl methyl sites for hydroxylation is 2. The minimum Gasteiger partial charge on any atom is -0.354 e. The number of aromatic nitrogens is 12. The van der Waals surface area contributed by atoms with Crippen LogP contribution >= 0.6 is 0 Å². The van der Waals surface area contributed by atoms with E-state index >= 15 is 0 Å². The van der Waals surface area contributed by atoms with Crippen LogP contribution in [0.15, 0.2) is 0 Å². The molecule has 0 bridgehead atoms. The Morgan fingerprint density at radius 1 is 0.197 bits per heavy atom. The summed E-state index contributed by atoms with van der Waals surface area (Å²) < 4.78 is 0. The van der Waals surface area contributed by atoms with Gasteiger partial charge in [0.1, 0.15) is 29.1 Å². The van der Waals surface area contributed by atoms with Gasteiger partial charge in [0.15, 0.2) is 0 Å². The summed E-state index contributed by atoms with van der Waals surface area (Å²) in [6.45, 7) is 83.6. The van der Waals surface area contributed by atoms with Gasteiger partial charge < -0.3 is 47.0 Å². The summed E-state index contributed by atoms with van der Waals surface area (Å²) >= 11 is 0. The summed E-state index contributed by atoms with van der Waals surface area (Å²) in [6, 6.07) is 1.08. The number of nitrogens with one attached hydrogen (secondary N) is 7. The minimum absolute atomic E-state index is 0.000795. The van der Waals surface area contributed by atoms with Gasteiger partial charge in [-0.15, -0.1) is 0 Å². The third-order valence-electron chi connectivity index (χ3n) is 37.9. The molecule has 8 aliphatic heterocycles. The summed E-state index contributed by atoms with van der Waals surface area (Å²) in [7, 11) is 18.3. The molecule has 0 atom stereocenters. The Bertz CT molecular complexity index is 3800. The molecule has 0 saturated carbocycles. The molecule has 0 aliphatic carbocycles. The molecule has 0 amide bonds. The van der Waals surface area contributed by atoms with Gasteiger partial charge >= 0.3 is 0 Å². The van der Waals surface area contributed by atoms with Crippen LogP contribution in [-0.4, -0.2) is 336 Å². The number of nitrogens with zero attached hydrogens (tertiary/aromatic N) is 22. The number of hydrogen-bond donors (Lipinski definition) is 7. The second-order valence-electron chi connectivity index (χ2n) is 56.7. The highest BCUT2D eigenvalue weighted by Crippen LogP contribution is 2.49. The van der Waals surface area contributed by atoms with Gasteiger partial charge in [-0.2, -0.15) is 54.8 Å².